The van der Waals surface area contributed by atoms with Crippen LogP contribution in [0.4, 0.5) is 0 Å². The Bertz CT molecular complexity index is 664. The fraction of sp³-hybridized carbons (Fsp3) is 0.481. The number of hydrogen-bond donors (Lipinski definition) is 0. The van der Waals surface area contributed by atoms with E-state index in [9.17, 15) is 0 Å². The lowest BCUT2D eigenvalue weighted by atomic mass is 9.74. The standard InChI is InChI=1S/C15H19N.C7H8.C3H8.C2H6/c1-2-16-11-9-15(10-12-16)8-7-13-5-3-4-6-14(13)15;1-7-5-3-2-4-6-7;1-3-2;1-2/h3-8H,2,9-12H2,1H3;2-6H,1H3;3H2,1-2H3;1-2H3. The van der Waals surface area contributed by atoms with Crippen LogP contribution in [0, 0.1) is 6.92 Å². The zero-order chi connectivity index (χ0) is 20.8. The molecule has 2 aromatic rings. The molecule has 1 fully saturated rings. The van der Waals surface area contributed by atoms with Crippen molar-refractivity contribution in [1.82, 2.24) is 4.90 Å². The maximum atomic E-state index is 2.56. The lowest BCUT2D eigenvalue weighted by Crippen LogP contribution is -2.40. The van der Waals surface area contributed by atoms with Crippen molar-refractivity contribution in [2.24, 2.45) is 0 Å². The van der Waals surface area contributed by atoms with Crippen molar-refractivity contribution in [2.75, 3.05) is 19.6 Å². The van der Waals surface area contributed by atoms with Gasteiger partial charge in [-0.15, -0.1) is 0 Å². The van der Waals surface area contributed by atoms with Crippen LogP contribution in [-0.4, -0.2) is 24.5 Å². The Morgan fingerprint density at radius 1 is 0.821 bits per heavy atom. The Kier molecular flexibility index (Phi) is 11.5. The van der Waals surface area contributed by atoms with Crippen LogP contribution in [-0.2, 0) is 5.41 Å². The number of piperidine rings is 1. The van der Waals surface area contributed by atoms with Gasteiger partial charge in [-0.3, -0.25) is 0 Å². The Morgan fingerprint density at radius 2 is 1.36 bits per heavy atom. The molecule has 1 aliphatic heterocycles. The number of rotatable bonds is 1. The van der Waals surface area contributed by atoms with Crippen LogP contribution in [0.15, 0.2) is 60.7 Å². The largest absolute Gasteiger partial charge is 0.304 e. The second kappa shape index (κ2) is 13.3. The molecule has 2 aliphatic rings. The summed E-state index contributed by atoms with van der Waals surface area (Å²) < 4.78 is 0. The van der Waals surface area contributed by atoms with E-state index in [0.29, 0.717) is 5.41 Å². The molecule has 0 N–H and O–H groups in total. The molecule has 0 atom stereocenters. The van der Waals surface area contributed by atoms with Gasteiger partial charge >= 0.3 is 0 Å². The maximum absolute atomic E-state index is 2.56. The van der Waals surface area contributed by atoms with Gasteiger partial charge in [0, 0.05) is 5.41 Å². The highest BCUT2D eigenvalue weighted by atomic mass is 15.1. The van der Waals surface area contributed by atoms with Gasteiger partial charge < -0.3 is 4.90 Å². The van der Waals surface area contributed by atoms with Gasteiger partial charge in [-0.25, -0.2) is 0 Å². The number of allylic oxidation sites excluding steroid dienone is 1. The summed E-state index contributed by atoms with van der Waals surface area (Å²) in [5, 5.41) is 0. The number of hydrogen-bond acceptors (Lipinski definition) is 1. The molecule has 1 nitrogen and oxygen atoms in total. The van der Waals surface area contributed by atoms with E-state index < -0.39 is 0 Å². The van der Waals surface area contributed by atoms with Crippen LogP contribution in [0.5, 0.6) is 0 Å². The van der Waals surface area contributed by atoms with Crippen LogP contribution < -0.4 is 0 Å². The summed E-state index contributed by atoms with van der Waals surface area (Å²) in [4.78, 5) is 2.56. The zero-order valence-electron chi connectivity index (χ0n) is 19.0. The molecule has 0 aromatic heterocycles. The monoisotopic (exact) mass is 379 g/mol. The van der Waals surface area contributed by atoms with Crippen molar-refractivity contribution in [2.45, 2.75) is 66.2 Å². The smallest absolute Gasteiger partial charge is 0.0165 e. The fourth-order valence-electron chi connectivity index (χ4n) is 3.67. The van der Waals surface area contributed by atoms with E-state index in [1.165, 1.54) is 50.0 Å². The third kappa shape index (κ3) is 6.95. The molecular weight excluding hydrogens is 338 g/mol. The lowest BCUT2D eigenvalue weighted by molar-refractivity contribution is 0.192. The maximum Gasteiger partial charge on any atom is 0.0165 e. The number of nitrogens with zero attached hydrogens (tertiary/aromatic N) is 1. The second-order valence-electron chi connectivity index (χ2n) is 7.37. The van der Waals surface area contributed by atoms with Gasteiger partial charge in [0.15, 0.2) is 0 Å². The molecule has 1 heteroatoms. The van der Waals surface area contributed by atoms with Gasteiger partial charge in [0.05, 0.1) is 0 Å². The first-order chi connectivity index (χ1) is 13.6. The van der Waals surface area contributed by atoms with Crippen molar-refractivity contribution < 1.29 is 0 Å². The van der Waals surface area contributed by atoms with E-state index in [0.717, 1.165) is 0 Å². The first kappa shape index (κ1) is 24.2. The van der Waals surface area contributed by atoms with Gasteiger partial charge in [-0.2, -0.15) is 0 Å². The second-order valence-corrected chi connectivity index (χ2v) is 7.37. The van der Waals surface area contributed by atoms with Gasteiger partial charge in [0.25, 0.3) is 0 Å². The minimum absolute atomic E-state index is 0.363. The first-order valence-corrected chi connectivity index (χ1v) is 11.2. The van der Waals surface area contributed by atoms with Crippen LogP contribution in [0.2, 0.25) is 0 Å². The molecule has 1 saturated heterocycles. The topological polar surface area (TPSA) is 3.24 Å². The summed E-state index contributed by atoms with van der Waals surface area (Å²) >= 11 is 0. The highest BCUT2D eigenvalue weighted by Gasteiger charge is 2.37. The van der Waals surface area contributed by atoms with Crippen molar-refractivity contribution in [3.63, 3.8) is 0 Å². The summed E-state index contributed by atoms with van der Waals surface area (Å²) in [5.41, 5.74) is 4.68. The van der Waals surface area contributed by atoms with Gasteiger partial charge in [0.2, 0.25) is 0 Å². The molecular formula is C27H41N. The average molecular weight is 380 g/mol. The molecule has 28 heavy (non-hydrogen) atoms. The summed E-state index contributed by atoms with van der Waals surface area (Å²) in [7, 11) is 0. The molecule has 0 unspecified atom stereocenters. The molecule has 0 radical (unpaired) electrons. The van der Waals surface area contributed by atoms with Crippen molar-refractivity contribution in [3.05, 3.63) is 77.4 Å². The SMILES string of the molecule is CC.CCC.CCN1CCC2(C=Cc3ccccc32)CC1.Cc1ccccc1. The molecule has 1 heterocycles. The van der Waals surface area contributed by atoms with E-state index in [1.807, 2.05) is 32.0 Å². The van der Waals surface area contributed by atoms with Crippen molar-refractivity contribution >= 4 is 6.08 Å². The van der Waals surface area contributed by atoms with E-state index in [-0.39, 0.29) is 0 Å². The van der Waals surface area contributed by atoms with Gasteiger partial charge in [-0.1, -0.05) is 113 Å². The van der Waals surface area contributed by atoms with E-state index in [4.69, 9.17) is 0 Å². The minimum atomic E-state index is 0.363. The van der Waals surface area contributed by atoms with Crippen LogP contribution in [0.25, 0.3) is 6.08 Å². The molecule has 1 spiro atoms. The molecule has 0 amide bonds. The summed E-state index contributed by atoms with van der Waals surface area (Å²) in [5.74, 6) is 0. The predicted octanol–water partition coefficient (Wildman–Crippen LogP) is 7.50. The summed E-state index contributed by atoms with van der Waals surface area (Å²) in [6.45, 7) is 16.3. The third-order valence-electron chi connectivity index (χ3n) is 5.22. The predicted molar refractivity (Wildman–Crippen MR) is 127 cm³/mol. The van der Waals surface area contributed by atoms with Crippen LogP contribution >= 0.6 is 0 Å². The third-order valence-corrected chi connectivity index (χ3v) is 5.22. The quantitative estimate of drug-likeness (QED) is 0.495. The molecule has 0 bridgehead atoms. The van der Waals surface area contributed by atoms with E-state index in [1.54, 1.807) is 5.56 Å². The highest BCUT2D eigenvalue weighted by molar-refractivity contribution is 5.65. The summed E-state index contributed by atoms with van der Waals surface area (Å²) in [6, 6.07) is 19.1. The first-order valence-electron chi connectivity index (χ1n) is 11.2. The Balaban J connectivity index is 0.000000273. The molecule has 0 saturated carbocycles. The average Bonchev–Trinajstić information content (AvgIpc) is 3.10. The summed E-state index contributed by atoms with van der Waals surface area (Å²) in [6.07, 6.45) is 8.59. The Labute approximate surface area is 174 Å². The van der Waals surface area contributed by atoms with Crippen molar-refractivity contribution in [1.29, 1.82) is 0 Å². The Hall–Kier alpha value is -1.86. The van der Waals surface area contributed by atoms with Crippen molar-refractivity contribution in [3.8, 4) is 0 Å². The number of likely N-dealkylation sites (tertiary alicyclic amines) is 1. The number of benzene rings is 2. The zero-order valence-corrected chi connectivity index (χ0v) is 19.0. The molecule has 4 rings (SSSR count). The minimum Gasteiger partial charge on any atom is -0.304 e. The van der Waals surface area contributed by atoms with Crippen LogP contribution in [0.1, 0.15) is 70.6 Å². The molecule has 1 aliphatic carbocycles. The van der Waals surface area contributed by atoms with Gasteiger partial charge in [-0.05, 0) is 50.5 Å². The fourth-order valence-corrected chi connectivity index (χ4v) is 3.67. The lowest BCUT2D eigenvalue weighted by Gasteiger charge is -2.38. The molecule has 154 valence electrons. The van der Waals surface area contributed by atoms with E-state index in [2.05, 4.69) is 81.1 Å². The van der Waals surface area contributed by atoms with E-state index >= 15 is 0 Å². The number of aryl methyl sites for hydroxylation is 1. The Morgan fingerprint density at radius 3 is 1.86 bits per heavy atom. The highest BCUT2D eigenvalue weighted by Crippen LogP contribution is 2.43. The van der Waals surface area contributed by atoms with Gasteiger partial charge in [0.1, 0.15) is 0 Å². The molecule has 2 aromatic carbocycles. The number of fused-ring (bicyclic) bond motifs is 2. The normalized spacial score (nSPS) is 15.9. The van der Waals surface area contributed by atoms with Crippen LogP contribution in [0.3, 0.4) is 0 Å².